The second-order valence-electron chi connectivity index (χ2n) is 3.88. The molecule has 4 N–H and O–H groups in total. The van der Waals surface area contributed by atoms with Gasteiger partial charge in [-0.25, -0.2) is 0 Å². The minimum atomic E-state index is 0.595. The lowest BCUT2D eigenvalue weighted by Crippen LogP contribution is -1.97. The molecule has 0 amide bonds. The van der Waals surface area contributed by atoms with Gasteiger partial charge in [0.1, 0.15) is 11.5 Å². The first-order chi connectivity index (χ1) is 8.67. The van der Waals surface area contributed by atoms with E-state index in [1.165, 1.54) is 0 Å². The third kappa shape index (κ3) is 2.05. The van der Waals surface area contributed by atoms with Crippen LogP contribution >= 0.6 is 0 Å². The lowest BCUT2D eigenvalue weighted by molar-refractivity contribution is 0.397. The molecule has 2 rings (SSSR count). The Balaban J connectivity index is 2.68. The van der Waals surface area contributed by atoms with Gasteiger partial charge in [-0.05, 0) is 30.3 Å². The van der Waals surface area contributed by atoms with E-state index >= 15 is 0 Å². The second-order valence-corrected chi connectivity index (χ2v) is 3.88. The Morgan fingerprint density at radius 1 is 0.889 bits per heavy atom. The zero-order chi connectivity index (χ0) is 13.1. The molecule has 4 heteroatoms. The van der Waals surface area contributed by atoms with Crippen LogP contribution in [0, 0.1) is 0 Å². The van der Waals surface area contributed by atoms with Crippen molar-refractivity contribution < 1.29 is 9.47 Å². The summed E-state index contributed by atoms with van der Waals surface area (Å²) in [6, 6.07) is 11.0. The minimum absolute atomic E-state index is 0.595. The van der Waals surface area contributed by atoms with E-state index < -0.39 is 0 Å². The summed E-state index contributed by atoms with van der Waals surface area (Å²) < 4.78 is 10.7. The van der Waals surface area contributed by atoms with Crippen molar-refractivity contribution >= 4 is 11.4 Å². The van der Waals surface area contributed by atoms with Gasteiger partial charge in [0.2, 0.25) is 0 Å². The maximum Gasteiger partial charge on any atom is 0.130 e. The zero-order valence-electron chi connectivity index (χ0n) is 10.4. The number of hydrogen-bond acceptors (Lipinski definition) is 4. The van der Waals surface area contributed by atoms with Crippen LogP contribution in [0.2, 0.25) is 0 Å². The maximum atomic E-state index is 6.01. The monoisotopic (exact) mass is 244 g/mol. The Kier molecular flexibility index (Phi) is 3.28. The SMILES string of the molecule is COc1cccc(OC)c1-c1ccc(N)cc1N. The predicted molar refractivity (Wildman–Crippen MR) is 73.8 cm³/mol. The van der Waals surface area contributed by atoms with E-state index in [4.69, 9.17) is 20.9 Å². The van der Waals surface area contributed by atoms with Gasteiger partial charge in [0.15, 0.2) is 0 Å². The van der Waals surface area contributed by atoms with Gasteiger partial charge in [-0.15, -0.1) is 0 Å². The fourth-order valence-corrected chi connectivity index (χ4v) is 1.93. The summed E-state index contributed by atoms with van der Waals surface area (Å²) in [6.07, 6.45) is 0. The summed E-state index contributed by atoms with van der Waals surface area (Å²) >= 11 is 0. The van der Waals surface area contributed by atoms with Crippen molar-refractivity contribution in [1.29, 1.82) is 0 Å². The highest BCUT2D eigenvalue weighted by atomic mass is 16.5. The first-order valence-electron chi connectivity index (χ1n) is 5.53. The van der Waals surface area contributed by atoms with Crippen molar-refractivity contribution in [2.75, 3.05) is 25.7 Å². The lowest BCUT2D eigenvalue weighted by atomic mass is 10.0. The third-order valence-electron chi connectivity index (χ3n) is 2.77. The Bertz CT molecular complexity index is 545. The van der Waals surface area contributed by atoms with Crippen LogP contribution in [0.3, 0.4) is 0 Å². The molecule has 0 saturated carbocycles. The topological polar surface area (TPSA) is 70.5 Å². The number of ether oxygens (including phenoxy) is 2. The van der Waals surface area contributed by atoms with Crippen LogP contribution in [0.4, 0.5) is 11.4 Å². The summed E-state index contributed by atoms with van der Waals surface area (Å²) in [5.74, 6) is 1.43. The molecule has 18 heavy (non-hydrogen) atoms. The molecule has 0 spiro atoms. The number of benzene rings is 2. The Hall–Kier alpha value is -2.36. The summed E-state index contributed by atoms with van der Waals surface area (Å²) in [4.78, 5) is 0. The first-order valence-corrected chi connectivity index (χ1v) is 5.53. The molecule has 0 saturated heterocycles. The molecule has 94 valence electrons. The van der Waals surface area contributed by atoms with Crippen LogP contribution in [-0.4, -0.2) is 14.2 Å². The molecule has 0 unspecified atom stereocenters. The lowest BCUT2D eigenvalue weighted by Gasteiger charge is -2.15. The molecule has 2 aromatic rings. The number of methoxy groups -OCH3 is 2. The van der Waals surface area contributed by atoms with Crippen LogP contribution in [0.15, 0.2) is 36.4 Å². The van der Waals surface area contributed by atoms with Gasteiger partial charge >= 0.3 is 0 Å². The summed E-state index contributed by atoms with van der Waals surface area (Å²) in [5.41, 5.74) is 14.6. The quantitative estimate of drug-likeness (QED) is 0.814. The fraction of sp³-hybridized carbons (Fsp3) is 0.143. The number of rotatable bonds is 3. The van der Waals surface area contributed by atoms with Gasteiger partial charge < -0.3 is 20.9 Å². The number of hydrogen-bond donors (Lipinski definition) is 2. The summed E-state index contributed by atoms with van der Waals surface area (Å²) in [7, 11) is 3.23. The van der Waals surface area contributed by atoms with Crippen molar-refractivity contribution in [3.8, 4) is 22.6 Å². The molecule has 4 nitrogen and oxygen atoms in total. The summed E-state index contributed by atoms with van der Waals surface area (Å²) in [6.45, 7) is 0. The maximum absolute atomic E-state index is 6.01. The number of nitrogen functional groups attached to an aromatic ring is 2. The van der Waals surface area contributed by atoms with Crippen molar-refractivity contribution in [1.82, 2.24) is 0 Å². The molecule has 0 fully saturated rings. The van der Waals surface area contributed by atoms with E-state index in [-0.39, 0.29) is 0 Å². The average Bonchev–Trinajstić information content (AvgIpc) is 2.38. The van der Waals surface area contributed by atoms with E-state index in [1.807, 2.05) is 24.3 Å². The van der Waals surface area contributed by atoms with Gasteiger partial charge in [0, 0.05) is 16.9 Å². The molecule has 0 bridgehead atoms. The Morgan fingerprint density at radius 3 is 2.00 bits per heavy atom. The van der Waals surface area contributed by atoms with Gasteiger partial charge in [-0.3, -0.25) is 0 Å². The van der Waals surface area contributed by atoms with Gasteiger partial charge in [-0.1, -0.05) is 6.07 Å². The molecule has 0 aliphatic carbocycles. The van der Waals surface area contributed by atoms with Crippen molar-refractivity contribution in [3.63, 3.8) is 0 Å². The highest BCUT2D eigenvalue weighted by Gasteiger charge is 2.14. The van der Waals surface area contributed by atoms with E-state index in [0.29, 0.717) is 22.9 Å². The highest BCUT2D eigenvalue weighted by Crippen LogP contribution is 2.41. The van der Waals surface area contributed by atoms with E-state index in [1.54, 1.807) is 26.4 Å². The molecular weight excluding hydrogens is 228 g/mol. The molecule has 0 aromatic heterocycles. The van der Waals surface area contributed by atoms with Gasteiger partial charge in [0.25, 0.3) is 0 Å². The molecule has 0 heterocycles. The van der Waals surface area contributed by atoms with Gasteiger partial charge in [-0.2, -0.15) is 0 Å². The van der Waals surface area contributed by atoms with Crippen LogP contribution in [0.25, 0.3) is 11.1 Å². The predicted octanol–water partition coefficient (Wildman–Crippen LogP) is 2.54. The molecule has 0 aliphatic heterocycles. The van der Waals surface area contributed by atoms with Crippen LogP contribution in [-0.2, 0) is 0 Å². The second kappa shape index (κ2) is 4.87. The van der Waals surface area contributed by atoms with Crippen LogP contribution in [0.5, 0.6) is 11.5 Å². The van der Waals surface area contributed by atoms with Crippen molar-refractivity contribution in [3.05, 3.63) is 36.4 Å². The van der Waals surface area contributed by atoms with E-state index in [2.05, 4.69) is 0 Å². The standard InChI is InChI=1S/C14H16N2O2/c1-17-12-4-3-5-13(18-2)14(12)10-7-6-9(15)8-11(10)16/h3-8H,15-16H2,1-2H3. The average molecular weight is 244 g/mol. The number of anilines is 2. The van der Waals surface area contributed by atoms with Crippen LogP contribution in [0.1, 0.15) is 0 Å². The normalized spacial score (nSPS) is 10.1. The van der Waals surface area contributed by atoms with E-state index in [9.17, 15) is 0 Å². The van der Waals surface area contributed by atoms with Gasteiger partial charge in [0.05, 0.1) is 19.8 Å². The van der Waals surface area contributed by atoms with Crippen LogP contribution < -0.4 is 20.9 Å². The summed E-state index contributed by atoms with van der Waals surface area (Å²) in [5, 5.41) is 0. The van der Waals surface area contributed by atoms with Crippen molar-refractivity contribution in [2.45, 2.75) is 0 Å². The smallest absolute Gasteiger partial charge is 0.130 e. The molecular formula is C14H16N2O2. The molecule has 2 aromatic carbocycles. The van der Waals surface area contributed by atoms with Crippen molar-refractivity contribution in [2.24, 2.45) is 0 Å². The molecule has 0 aliphatic rings. The first kappa shape index (κ1) is 12.1. The Labute approximate surface area is 106 Å². The largest absolute Gasteiger partial charge is 0.496 e. The fourth-order valence-electron chi connectivity index (χ4n) is 1.93. The Morgan fingerprint density at radius 2 is 1.50 bits per heavy atom. The highest BCUT2D eigenvalue weighted by molar-refractivity contribution is 5.86. The third-order valence-corrected chi connectivity index (χ3v) is 2.77. The zero-order valence-corrected chi connectivity index (χ0v) is 10.4. The van der Waals surface area contributed by atoms with E-state index in [0.717, 1.165) is 11.1 Å². The minimum Gasteiger partial charge on any atom is -0.496 e. The molecule has 0 atom stereocenters. The number of nitrogens with two attached hydrogens (primary N) is 2. The molecule has 0 radical (unpaired) electrons.